The van der Waals surface area contributed by atoms with E-state index in [4.69, 9.17) is 0 Å². The third-order valence-electron chi connectivity index (χ3n) is 4.02. The van der Waals surface area contributed by atoms with Crippen LogP contribution in [0.2, 0.25) is 0 Å². The molecule has 2 nitrogen and oxygen atoms in total. The molecule has 3 rings (SSSR count). The lowest BCUT2D eigenvalue weighted by molar-refractivity contribution is 0.955. The van der Waals surface area contributed by atoms with E-state index in [-0.39, 0.29) is 0 Å². The topological polar surface area (TPSA) is 15.3 Å². The van der Waals surface area contributed by atoms with Gasteiger partial charge in [-0.15, -0.1) is 0 Å². The van der Waals surface area contributed by atoms with Crippen LogP contribution >= 0.6 is 15.9 Å². The molecule has 0 amide bonds. The largest absolute Gasteiger partial charge is 0.381 e. The van der Waals surface area contributed by atoms with Gasteiger partial charge in [0.2, 0.25) is 0 Å². The highest BCUT2D eigenvalue weighted by atomic mass is 79.9. The van der Waals surface area contributed by atoms with Gasteiger partial charge in [0.05, 0.1) is 0 Å². The van der Waals surface area contributed by atoms with Crippen molar-refractivity contribution >= 4 is 27.3 Å². The Bertz CT molecular complexity index is 637. The molecule has 1 aliphatic heterocycles. The number of hydrogen-bond donors (Lipinski definition) is 1. The van der Waals surface area contributed by atoms with Gasteiger partial charge in [-0.1, -0.05) is 34.1 Å². The van der Waals surface area contributed by atoms with Crippen LogP contribution in [-0.4, -0.2) is 13.6 Å². The van der Waals surface area contributed by atoms with Gasteiger partial charge in [0.25, 0.3) is 0 Å². The summed E-state index contributed by atoms with van der Waals surface area (Å²) in [5.74, 6) is 0. The summed E-state index contributed by atoms with van der Waals surface area (Å²) < 4.78 is 1.15. The predicted octanol–water partition coefficient (Wildman–Crippen LogP) is 4.36. The van der Waals surface area contributed by atoms with Gasteiger partial charge in [0.1, 0.15) is 0 Å². The van der Waals surface area contributed by atoms with Crippen LogP contribution in [0.4, 0.5) is 11.4 Å². The van der Waals surface area contributed by atoms with Gasteiger partial charge < -0.3 is 10.2 Å². The van der Waals surface area contributed by atoms with Crippen molar-refractivity contribution in [1.29, 1.82) is 0 Å². The molecule has 0 spiro atoms. The molecule has 0 fully saturated rings. The first-order valence-corrected chi connectivity index (χ1v) is 7.76. The van der Waals surface area contributed by atoms with Gasteiger partial charge >= 0.3 is 0 Å². The number of anilines is 2. The maximum atomic E-state index is 3.57. The SMILES string of the molecule is Cc1c(Br)cccc1NCc1ccc2c(c1)CCN2C. The number of rotatable bonds is 3. The lowest BCUT2D eigenvalue weighted by Gasteiger charge is -2.14. The molecule has 0 radical (unpaired) electrons. The van der Waals surface area contributed by atoms with Crippen LogP contribution in [0.5, 0.6) is 0 Å². The Morgan fingerprint density at radius 1 is 1.25 bits per heavy atom. The second-order valence-electron chi connectivity index (χ2n) is 5.40. The molecule has 0 atom stereocenters. The Labute approximate surface area is 128 Å². The second kappa shape index (κ2) is 5.49. The maximum absolute atomic E-state index is 3.57. The quantitative estimate of drug-likeness (QED) is 0.899. The van der Waals surface area contributed by atoms with E-state index in [2.05, 4.69) is 76.5 Å². The average Bonchev–Trinajstić information content (AvgIpc) is 2.82. The average molecular weight is 331 g/mol. The van der Waals surface area contributed by atoms with Crippen LogP contribution in [0, 0.1) is 6.92 Å². The molecule has 2 aromatic carbocycles. The van der Waals surface area contributed by atoms with Gasteiger partial charge in [0.15, 0.2) is 0 Å². The Kier molecular flexibility index (Phi) is 3.70. The Morgan fingerprint density at radius 3 is 2.95 bits per heavy atom. The van der Waals surface area contributed by atoms with Gasteiger partial charge in [0, 0.05) is 36.0 Å². The first kappa shape index (κ1) is 13.5. The highest BCUT2D eigenvalue weighted by molar-refractivity contribution is 9.10. The van der Waals surface area contributed by atoms with Crippen molar-refractivity contribution in [2.24, 2.45) is 0 Å². The van der Waals surface area contributed by atoms with Crippen molar-refractivity contribution in [2.45, 2.75) is 19.9 Å². The van der Waals surface area contributed by atoms with E-state index in [0.717, 1.165) is 24.0 Å². The number of hydrogen-bond acceptors (Lipinski definition) is 2. The van der Waals surface area contributed by atoms with Gasteiger partial charge in [-0.3, -0.25) is 0 Å². The molecule has 0 saturated heterocycles. The van der Waals surface area contributed by atoms with E-state index in [0.29, 0.717) is 0 Å². The van der Waals surface area contributed by atoms with E-state index >= 15 is 0 Å². The fourth-order valence-electron chi connectivity index (χ4n) is 2.73. The minimum atomic E-state index is 0.869. The summed E-state index contributed by atoms with van der Waals surface area (Å²) in [6.07, 6.45) is 1.16. The van der Waals surface area contributed by atoms with Gasteiger partial charge in [-0.2, -0.15) is 0 Å². The number of benzene rings is 2. The molecule has 2 aromatic rings. The third-order valence-corrected chi connectivity index (χ3v) is 4.88. The first-order valence-electron chi connectivity index (χ1n) is 6.97. The van der Waals surface area contributed by atoms with Gasteiger partial charge in [-0.05, 0) is 48.2 Å². The summed E-state index contributed by atoms with van der Waals surface area (Å²) in [5, 5.41) is 3.53. The van der Waals surface area contributed by atoms with Crippen LogP contribution in [0.15, 0.2) is 40.9 Å². The Morgan fingerprint density at radius 2 is 2.10 bits per heavy atom. The molecule has 0 aliphatic carbocycles. The van der Waals surface area contributed by atoms with Crippen molar-refractivity contribution in [3.8, 4) is 0 Å². The third kappa shape index (κ3) is 2.55. The van der Waals surface area contributed by atoms with Crippen molar-refractivity contribution in [2.75, 3.05) is 23.8 Å². The van der Waals surface area contributed by atoms with Gasteiger partial charge in [-0.25, -0.2) is 0 Å². The fourth-order valence-corrected chi connectivity index (χ4v) is 3.09. The molecule has 0 unspecified atom stereocenters. The Balaban J connectivity index is 1.74. The zero-order chi connectivity index (χ0) is 14.1. The molecule has 1 N–H and O–H groups in total. The molecule has 0 bridgehead atoms. The zero-order valence-electron chi connectivity index (χ0n) is 11.9. The van der Waals surface area contributed by atoms with Crippen molar-refractivity contribution in [3.63, 3.8) is 0 Å². The summed E-state index contributed by atoms with van der Waals surface area (Å²) in [6.45, 7) is 4.13. The maximum Gasteiger partial charge on any atom is 0.0401 e. The highest BCUT2D eigenvalue weighted by Gasteiger charge is 2.15. The number of fused-ring (bicyclic) bond motifs is 1. The Hall–Kier alpha value is -1.48. The molecular formula is C17H19BrN2. The van der Waals surface area contributed by atoms with E-state index in [9.17, 15) is 0 Å². The number of halogens is 1. The molecule has 0 aromatic heterocycles. The summed E-state index contributed by atoms with van der Waals surface area (Å²) >= 11 is 3.57. The summed E-state index contributed by atoms with van der Waals surface area (Å²) in [7, 11) is 2.16. The van der Waals surface area contributed by atoms with Crippen LogP contribution in [0.3, 0.4) is 0 Å². The fraction of sp³-hybridized carbons (Fsp3) is 0.294. The van der Waals surface area contributed by atoms with Crippen molar-refractivity contribution in [3.05, 3.63) is 57.6 Å². The van der Waals surface area contributed by atoms with Crippen molar-refractivity contribution in [1.82, 2.24) is 0 Å². The monoisotopic (exact) mass is 330 g/mol. The number of nitrogens with one attached hydrogen (secondary N) is 1. The molecule has 1 heterocycles. The number of nitrogens with zero attached hydrogens (tertiary/aromatic N) is 1. The molecule has 0 saturated carbocycles. The molecule has 20 heavy (non-hydrogen) atoms. The summed E-state index contributed by atoms with van der Waals surface area (Å²) in [5.41, 5.74) is 6.65. The standard InChI is InChI=1S/C17H19BrN2/c1-12-15(18)4-3-5-16(12)19-11-13-6-7-17-14(10-13)8-9-20(17)2/h3-7,10,19H,8-9,11H2,1-2H3. The number of likely N-dealkylation sites (N-methyl/N-ethyl adjacent to an activating group) is 1. The van der Waals surface area contributed by atoms with E-state index in [1.807, 2.05) is 0 Å². The van der Waals surface area contributed by atoms with Crippen LogP contribution < -0.4 is 10.2 Å². The van der Waals surface area contributed by atoms with Crippen LogP contribution in [0.25, 0.3) is 0 Å². The van der Waals surface area contributed by atoms with Crippen LogP contribution in [0.1, 0.15) is 16.7 Å². The minimum absolute atomic E-state index is 0.869. The lowest BCUT2D eigenvalue weighted by Crippen LogP contribution is -2.12. The predicted molar refractivity (Wildman–Crippen MR) is 89.6 cm³/mol. The van der Waals surface area contributed by atoms with E-state index in [1.165, 1.54) is 28.1 Å². The molecule has 1 aliphatic rings. The van der Waals surface area contributed by atoms with E-state index < -0.39 is 0 Å². The van der Waals surface area contributed by atoms with Crippen LogP contribution in [-0.2, 0) is 13.0 Å². The molecular weight excluding hydrogens is 312 g/mol. The normalized spacial score (nSPS) is 13.4. The highest BCUT2D eigenvalue weighted by Crippen LogP contribution is 2.28. The minimum Gasteiger partial charge on any atom is -0.381 e. The van der Waals surface area contributed by atoms with E-state index in [1.54, 1.807) is 0 Å². The smallest absolute Gasteiger partial charge is 0.0401 e. The zero-order valence-corrected chi connectivity index (χ0v) is 13.5. The molecule has 104 valence electrons. The summed E-state index contributed by atoms with van der Waals surface area (Å²) in [4.78, 5) is 2.32. The second-order valence-corrected chi connectivity index (χ2v) is 6.25. The first-order chi connectivity index (χ1) is 9.65. The molecule has 3 heteroatoms. The summed E-state index contributed by atoms with van der Waals surface area (Å²) in [6, 6.07) is 13.1. The lowest BCUT2D eigenvalue weighted by atomic mass is 10.1. The van der Waals surface area contributed by atoms with Crippen molar-refractivity contribution < 1.29 is 0 Å².